The van der Waals surface area contributed by atoms with Crippen LogP contribution in [0, 0.1) is 0 Å². The van der Waals surface area contributed by atoms with E-state index in [-0.39, 0.29) is 50.9 Å². The molecule has 9 rings (SSSR count). The third-order valence-corrected chi connectivity index (χ3v) is 13.9. The van der Waals surface area contributed by atoms with Crippen molar-refractivity contribution in [1.82, 2.24) is 58.6 Å². The number of nitrogen functional groups attached to an aromatic ring is 3. The third kappa shape index (κ3) is 10.6. The van der Waals surface area contributed by atoms with Crippen LogP contribution >= 0.6 is 31.3 Å². The van der Waals surface area contributed by atoms with Crippen molar-refractivity contribution in [3.63, 3.8) is 0 Å². The highest BCUT2D eigenvalue weighted by Crippen LogP contribution is 2.54. The number of hydrogen-bond donors (Lipinski definition) is 12. The number of ether oxygens (including phenoxy) is 3. The molecule has 41 heteroatoms. The van der Waals surface area contributed by atoms with Gasteiger partial charge in [0.1, 0.15) is 90.5 Å². The number of fused-ring (bicyclic) bond motifs is 3. The average molecular weight is 1090 g/mol. The molecule has 0 bridgehead atoms. The van der Waals surface area contributed by atoms with Crippen molar-refractivity contribution in [2.24, 2.45) is 0 Å². The number of imidazole rings is 3. The van der Waals surface area contributed by atoms with Gasteiger partial charge in [-0.15, -0.1) is 0 Å². The summed E-state index contributed by atoms with van der Waals surface area (Å²) in [6, 6.07) is 0. The van der Waals surface area contributed by atoms with Crippen LogP contribution in [0.25, 0.3) is 33.5 Å². The van der Waals surface area contributed by atoms with Crippen LogP contribution in [0.15, 0.2) is 38.0 Å². The van der Waals surface area contributed by atoms with Crippen LogP contribution in [0.3, 0.4) is 0 Å². The van der Waals surface area contributed by atoms with E-state index >= 15 is 0 Å². The predicted molar refractivity (Wildman–Crippen MR) is 225 cm³/mol. The van der Waals surface area contributed by atoms with Gasteiger partial charge >= 0.3 is 31.3 Å². The first-order chi connectivity index (χ1) is 33.4. The number of rotatable bonds is 18. The van der Waals surface area contributed by atoms with Crippen molar-refractivity contribution < 1.29 is 104 Å². The van der Waals surface area contributed by atoms with Crippen LogP contribution in [0.1, 0.15) is 18.7 Å². The summed E-state index contributed by atoms with van der Waals surface area (Å²) in [5, 5.41) is 34.0. The smallest absolute Gasteiger partial charge is 0.387 e. The number of aromatic nitrogens is 12. The van der Waals surface area contributed by atoms with E-state index in [9.17, 15) is 62.9 Å². The molecule has 15 N–H and O–H groups in total. The molecule has 9 heterocycles. The van der Waals surface area contributed by atoms with Crippen LogP contribution in [-0.4, -0.2) is 178 Å². The fraction of sp³-hybridized carbons (Fsp3) is 0.500. The van der Waals surface area contributed by atoms with Gasteiger partial charge in [-0.1, -0.05) is 0 Å². The largest absolute Gasteiger partial charge is 0.472 e. The second-order valence-corrected chi connectivity index (χ2v) is 20.7. The van der Waals surface area contributed by atoms with Gasteiger partial charge in [0.25, 0.3) is 0 Å². The van der Waals surface area contributed by atoms with Crippen molar-refractivity contribution >= 4 is 82.2 Å². The summed E-state index contributed by atoms with van der Waals surface area (Å²) in [4.78, 5) is 95.9. The number of aliphatic hydroxyl groups is 3. The van der Waals surface area contributed by atoms with Crippen LogP contribution in [0.5, 0.6) is 0 Å². The van der Waals surface area contributed by atoms with E-state index in [4.69, 9.17) is 54.0 Å². The molecule has 386 valence electrons. The van der Waals surface area contributed by atoms with Gasteiger partial charge in [0, 0.05) is 0 Å². The Kier molecular flexibility index (Phi) is 13.9. The molecular weight excluding hydrogens is 1050 g/mol. The molecule has 0 radical (unpaired) electrons. The zero-order valence-corrected chi connectivity index (χ0v) is 38.8. The molecule has 0 aromatic carbocycles. The molecule has 0 spiro atoms. The summed E-state index contributed by atoms with van der Waals surface area (Å²) in [5.41, 5.74) is 17.6. The zero-order valence-electron chi connectivity index (χ0n) is 35.2. The zero-order chi connectivity index (χ0) is 50.9. The summed E-state index contributed by atoms with van der Waals surface area (Å²) < 4.78 is 102. The summed E-state index contributed by atoms with van der Waals surface area (Å²) >= 11 is 0. The Hall–Kier alpha value is -4.75. The van der Waals surface area contributed by atoms with Crippen molar-refractivity contribution in [2.75, 3.05) is 37.0 Å². The molecular formula is C30H39N15O22P4. The van der Waals surface area contributed by atoms with E-state index in [0.717, 1.165) is 51.7 Å². The lowest BCUT2D eigenvalue weighted by Gasteiger charge is -2.25. The van der Waals surface area contributed by atoms with Gasteiger partial charge < -0.3 is 76.1 Å². The number of hydrogen-bond acceptors (Lipinski definition) is 28. The monoisotopic (exact) mass is 1090 g/mol. The highest BCUT2D eigenvalue weighted by Gasteiger charge is 2.54. The van der Waals surface area contributed by atoms with Gasteiger partial charge in [0.2, 0.25) is 0 Å². The maximum Gasteiger partial charge on any atom is 0.472 e. The second-order valence-electron chi connectivity index (χ2n) is 15.4. The number of nitrogens with zero attached hydrogens (tertiary/aromatic N) is 12. The molecule has 2 unspecified atom stereocenters. The quantitative estimate of drug-likeness (QED) is 0.0374. The van der Waals surface area contributed by atoms with Gasteiger partial charge in [-0.3, -0.25) is 40.8 Å². The maximum atomic E-state index is 13.7. The molecule has 14 atom stereocenters. The van der Waals surface area contributed by atoms with E-state index in [2.05, 4.69) is 49.4 Å². The van der Waals surface area contributed by atoms with E-state index in [1.807, 2.05) is 0 Å². The minimum atomic E-state index is -5.50. The molecule has 37 nitrogen and oxygen atoms in total. The Morgan fingerprint density at radius 3 is 1.08 bits per heavy atom. The minimum absolute atomic E-state index is 0.00855. The molecule has 3 fully saturated rings. The number of aliphatic hydroxyl groups excluding tert-OH is 3. The fourth-order valence-electron chi connectivity index (χ4n) is 7.78. The first-order valence-electron chi connectivity index (χ1n) is 19.9. The Balaban J connectivity index is 0.932. The first kappa shape index (κ1) is 51.2. The van der Waals surface area contributed by atoms with Crippen molar-refractivity contribution in [3.8, 4) is 0 Å². The van der Waals surface area contributed by atoms with Gasteiger partial charge in [-0.05, 0) is 0 Å². The molecule has 0 aliphatic carbocycles. The number of phosphoric ester groups is 4. The molecule has 6 aromatic rings. The van der Waals surface area contributed by atoms with Gasteiger partial charge in [-0.25, -0.2) is 63.1 Å². The van der Waals surface area contributed by atoms with E-state index in [0.29, 0.717) is 0 Å². The number of phosphoric acid groups is 4. The molecule has 71 heavy (non-hydrogen) atoms. The standard InChI is InChI=1S/C30H39N15O22P4/c31-22-13-25(37-4-34-22)43(7-40-13)28-19(65-69(52,53)54)16(46)11(63-28)2-60-70(55,56)67-21-18(48)12(64-30(21)45-9-42-15-24(33)36-6-39-27(15)45)3-61-71(57,58)66-20-17(47)10(1-59-68(49,50)51)62-29(20)44-8-41-14-23(32)35-5-38-26(14)44/h4-12,16-21,28-30,46-48H,1-3H2,(H,55,56)(H,57,58)(H2,31,34,37)(H2,32,35,38)(H2,33,36,39)(H2,49,50,51)(H2,52,53,54)/t10-,11-,12-,16-,17-,18-,19-,20-,21+,28-,29-,30-/m1/s1. The van der Waals surface area contributed by atoms with Crippen LogP contribution < -0.4 is 17.2 Å². The lowest BCUT2D eigenvalue weighted by Crippen LogP contribution is -2.37. The lowest BCUT2D eigenvalue weighted by atomic mass is 10.1. The predicted octanol–water partition coefficient (Wildman–Crippen LogP) is -3.38. The summed E-state index contributed by atoms with van der Waals surface area (Å²) in [6.45, 7) is -3.11. The van der Waals surface area contributed by atoms with E-state index < -0.39 is 125 Å². The number of nitrogens with two attached hydrogens (primary N) is 3. The summed E-state index contributed by atoms with van der Waals surface area (Å²) in [6.07, 6.45) is -15.6. The highest BCUT2D eigenvalue weighted by atomic mass is 31.2. The molecule has 3 saturated heterocycles. The van der Waals surface area contributed by atoms with Crippen molar-refractivity contribution in [2.45, 2.75) is 73.6 Å². The molecule has 0 amide bonds. The molecule has 0 saturated carbocycles. The summed E-state index contributed by atoms with van der Waals surface area (Å²) in [7, 11) is -21.5. The van der Waals surface area contributed by atoms with Gasteiger partial charge in [-0.2, -0.15) is 0 Å². The Morgan fingerprint density at radius 2 is 0.775 bits per heavy atom. The Labute approximate surface area is 393 Å². The Bertz CT molecular complexity index is 3140. The SMILES string of the molecule is Nc1ncnc2c1ncn2[C@@H]1O[C@H](COP(=O)(O)O[C@H]2[C@H](O)[C@@H](COP(=O)(O)O[C@@H]3[C@H](O)[C@@H](COP(=O)(O)O)O[C@H]3n3cnc4c(N)ncnc43)O[C@H]2n2cnc3c(N)ncnc32)[C@@H](O)[C@H]1OP(=O)(O)O. The maximum absolute atomic E-state index is 13.7. The van der Waals surface area contributed by atoms with Gasteiger partial charge in [0.05, 0.1) is 38.8 Å². The number of anilines is 3. The van der Waals surface area contributed by atoms with Crippen LogP contribution in [-0.2, 0) is 59.6 Å². The lowest BCUT2D eigenvalue weighted by molar-refractivity contribution is -0.0643. The third-order valence-electron chi connectivity index (χ3n) is 10.9. The molecule has 3 aliphatic rings. The average Bonchev–Trinajstić information content (AvgIpc) is 4.15. The topological polar surface area (TPSA) is 542 Å². The highest BCUT2D eigenvalue weighted by molar-refractivity contribution is 7.47. The fourth-order valence-corrected chi connectivity index (χ4v) is 10.5. The normalized spacial score (nSPS) is 30.2. The van der Waals surface area contributed by atoms with E-state index in [1.165, 1.54) is 0 Å². The van der Waals surface area contributed by atoms with Crippen molar-refractivity contribution in [3.05, 3.63) is 38.0 Å². The van der Waals surface area contributed by atoms with E-state index in [1.54, 1.807) is 0 Å². The minimum Gasteiger partial charge on any atom is -0.387 e. The molecule has 6 aromatic heterocycles. The van der Waals surface area contributed by atoms with Crippen molar-refractivity contribution in [1.29, 1.82) is 0 Å². The van der Waals surface area contributed by atoms with Gasteiger partial charge in [0.15, 0.2) is 53.1 Å². The molecule has 3 aliphatic heterocycles. The Morgan fingerprint density at radius 1 is 0.465 bits per heavy atom. The van der Waals surface area contributed by atoms with Crippen LogP contribution in [0.2, 0.25) is 0 Å². The second kappa shape index (κ2) is 19.3. The first-order valence-corrected chi connectivity index (χ1v) is 26.0. The summed E-state index contributed by atoms with van der Waals surface area (Å²) in [5.74, 6) is -0.301. The van der Waals surface area contributed by atoms with Crippen LogP contribution in [0.4, 0.5) is 17.5 Å².